The van der Waals surface area contributed by atoms with E-state index in [1.807, 2.05) is 19.9 Å². The van der Waals surface area contributed by atoms with Gasteiger partial charge in [0.25, 0.3) is 11.8 Å². The number of benzene rings is 2. The maximum absolute atomic E-state index is 12.5. The van der Waals surface area contributed by atoms with E-state index < -0.39 is 5.97 Å². The van der Waals surface area contributed by atoms with Gasteiger partial charge in [-0.25, -0.2) is 4.79 Å². The van der Waals surface area contributed by atoms with E-state index in [0.717, 1.165) is 10.5 Å². The van der Waals surface area contributed by atoms with Gasteiger partial charge in [0.05, 0.1) is 32.0 Å². The second-order valence-electron chi connectivity index (χ2n) is 6.78. The van der Waals surface area contributed by atoms with E-state index in [9.17, 15) is 14.4 Å². The number of hydrogen-bond acceptors (Lipinski definition) is 5. The van der Waals surface area contributed by atoms with Gasteiger partial charge in [-0.05, 0) is 43.7 Å². The van der Waals surface area contributed by atoms with Crippen molar-refractivity contribution in [2.45, 2.75) is 13.8 Å². The summed E-state index contributed by atoms with van der Waals surface area (Å²) in [6, 6.07) is 12.1. The molecule has 1 atom stereocenters. The summed E-state index contributed by atoms with van der Waals surface area (Å²) in [5.74, 6) is -0.364. The molecule has 0 heterocycles. The van der Waals surface area contributed by atoms with Crippen molar-refractivity contribution < 1.29 is 28.8 Å². The van der Waals surface area contributed by atoms with E-state index in [0.29, 0.717) is 29.2 Å². The number of likely N-dealkylation sites (N-methyl/N-ethyl adjacent to an activating group) is 1. The van der Waals surface area contributed by atoms with Crippen LogP contribution in [-0.4, -0.2) is 51.6 Å². The van der Waals surface area contributed by atoms with E-state index in [1.54, 1.807) is 36.4 Å². The summed E-state index contributed by atoms with van der Waals surface area (Å²) >= 11 is 0. The fourth-order valence-corrected chi connectivity index (χ4v) is 2.90. The number of ether oxygens (including phenoxy) is 2. The van der Waals surface area contributed by atoms with Crippen LogP contribution in [0, 0.1) is 6.92 Å². The largest absolute Gasteiger partial charge is 0.495 e. The number of para-hydroxylation sites is 2. The van der Waals surface area contributed by atoms with E-state index >= 15 is 0 Å². The molecule has 0 saturated heterocycles. The van der Waals surface area contributed by atoms with Crippen LogP contribution in [0.25, 0.3) is 0 Å². The van der Waals surface area contributed by atoms with E-state index in [2.05, 4.69) is 10.6 Å². The third-order valence-corrected chi connectivity index (χ3v) is 4.63. The third kappa shape index (κ3) is 6.31. The molecule has 0 aromatic heterocycles. The maximum atomic E-state index is 12.5. The highest BCUT2D eigenvalue weighted by atomic mass is 16.5. The molecule has 3 N–H and O–H groups in total. The lowest BCUT2D eigenvalue weighted by Gasteiger charge is -2.18. The average molecular weight is 414 g/mol. The molecule has 0 saturated carbocycles. The number of rotatable bonds is 9. The minimum atomic E-state index is -0.473. The molecule has 0 fully saturated rings. The molecule has 8 nitrogen and oxygen atoms in total. The maximum Gasteiger partial charge on any atom is 0.337 e. The summed E-state index contributed by atoms with van der Waals surface area (Å²) in [4.78, 5) is 37.5. The minimum absolute atomic E-state index is 0.109. The molecule has 2 aromatic rings. The number of anilines is 2. The van der Waals surface area contributed by atoms with Crippen molar-refractivity contribution in [3.63, 3.8) is 0 Å². The van der Waals surface area contributed by atoms with Crippen LogP contribution in [0.1, 0.15) is 22.8 Å². The number of carbonyl (C=O) groups is 3. The van der Waals surface area contributed by atoms with Crippen molar-refractivity contribution in [3.05, 3.63) is 53.6 Å². The lowest BCUT2D eigenvalue weighted by Crippen LogP contribution is -3.13. The highest BCUT2D eigenvalue weighted by molar-refractivity contribution is 5.96. The predicted molar refractivity (Wildman–Crippen MR) is 114 cm³/mol. The highest BCUT2D eigenvalue weighted by Crippen LogP contribution is 2.22. The number of nitrogens with one attached hydrogen (secondary N) is 3. The Morgan fingerprint density at radius 1 is 0.933 bits per heavy atom. The van der Waals surface area contributed by atoms with Gasteiger partial charge in [0.2, 0.25) is 0 Å². The SMILES string of the molecule is CC[NH+](CC(=O)Nc1cc(C(=O)OC)ccc1C)CC(=O)Nc1ccccc1OC. The van der Waals surface area contributed by atoms with Crippen LogP contribution in [0.15, 0.2) is 42.5 Å². The van der Waals surface area contributed by atoms with Crippen LogP contribution >= 0.6 is 0 Å². The molecule has 0 aliphatic heterocycles. The van der Waals surface area contributed by atoms with Gasteiger partial charge < -0.3 is 25.0 Å². The van der Waals surface area contributed by atoms with Crippen LogP contribution in [0.3, 0.4) is 0 Å². The zero-order chi connectivity index (χ0) is 22.1. The molecule has 30 heavy (non-hydrogen) atoms. The summed E-state index contributed by atoms with van der Waals surface area (Å²) in [7, 11) is 2.84. The predicted octanol–water partition coefficient (Wildman–Crippen LogP) is 1.27. The molecular weight excluding hydrogens is 386 g/mol. The summed E-state index contributed by atoms with van der Waals surface area (Å²) in [6.45, 7) is 4.57. The molecule has 8 heteroatoms. The Kier molecular flexibility index (Phi) is 8.37. The van der Waals surface area contributed by atoms with E-state index in [1.165, 1.54) is 14.2 Å². The number of quaternary nitrogens is 1. The number of hydrogen-bond donors (Lipinski definition) is 3. The number of methoxy groups -OCH3 is 2. The molecule has 2 rings (SSSR count). The standard InChI is InChI=1S/C22H27N3O5/c1-5-25(13-20(26)23-17-8-6-7-9-19(17)29-3)14-21(27)24-18-12-16(22(28)30-4)11-10-15(18)2/h6-12H,5,13-14H2,1-4H3,(H,23,26)(H,24,27)/p+1. The van der Waals surface area contributed by atoms with Crippen molar-refractivity contribution in [2.24, 2.45) is 0 Å². The monoisotopic (exact) mass is 414 g/mol. The molecule has 0 spiro atoms. The van der Waals surface area contributed by atoms with Crippen molar-refractivity contribution in [1.29, 1.82) is 0 Å². The van der Waals surface area contributed by atoms with Crippen molar-refractivity contribution in [3.8, 4) is 5.75 Å². The van der Waals surface area contributed by atoms with Crippen LogP contribution in [0.5, 0.6) is 5.75 Å². The van der Waals surface area contributed by atoms with Crippen LogP contribution < -0.4 is 20.3 Å². The van der Waals surface area contributed by atoms with E-state index in [-0.39, 0.29) is 24.9 Å². The van der Waals surface area contributed by atoms with Gasteiger partial charge in [-0.2, -0.15) is 0 Å². The van der Waals surface area contributed by atoms with Gasteiger partial charge in [0, 0.05) is 5.69 Å². The van der Waals surface area contributed by atoms with Gasteiger partial charge in [-0.1, -0.05) is 18.2 Å². The fourth-order valence-electron chi connectivity index (χ4n) is 2.90. The summed E-state index contributed by atoms with van der Waals surface area (Å²) < 4.78 is 9.95. The molecule has 0 aliphatic carbocycles. The van der Waals surface area contributed by atoms with Crippen molar-refractivity contribution >= 4 is 29.2 Å². The third-order valence-electron chi connectivity index (χ3n) is 4.63. The second kappa shape index (κ2) is 11.0. The zero-order valence-electron chi connectivity index (χ0n) is 17.7. The molecule has 1 unspecified atom stereocenters. The number of carbonyl (C=O) groups excluding carboxylic acids is 3. The normalized spacial score (nSPS) is 11.3. The number of amides is 2. The molecular formula is C22H28N3O5+. The summed E-state index contributed by atoms with van der Waals surface area (Å²) in [5.41, 5.74) is 2.30. The lowest BCUT2D eigenvalue weighted by atomic mass is 10.1. The molecule has 2 amide bonds. The zero-order valence-corrected chi connectivity index (χ0v) is 17.7. The summed E-state index contributed by atoms with van der Waals surface area (Å²) in [6.07, 6.45) is 0. The Morgan fingerprint density at radius 2 is 1.57 bits per heavy atom. The first kappa shape index (κ1) is 22.9. The minimum Gasteiger partial charge on any atom is -0.495 e. The topological polar surface area (TPSA) is 98.2 Å². The van der Waals surface area contributed by atoms with Gasteiger partial charge in [-0.15, -0.1) is 0 Å². The van der Waals surface area contributed by atoms with Gasteiger partial charge in [0.1, 0.15) is 5.75 Å². The first-order chi connectivity index (χ1) is 14.4. The van der Waals surface area contributed by atoms with Gasteiger partial charge >= 0.3 is 5.97 Å². The molecule has 0 radical (unpaired) electrons. The summed E-state index contributed by atoms with van der Waals surface area (Å²) in [5, 5.41) is 5.63. The Bertz CT molecular complexity index is 913. The van der Waals surface area contributed by atoms with Crippen LogP contribution in [0.2, 0.25) is 0 Å². The van der Waals surface area contributed by atoms with E-state index in [4.69, 9.17) is 9.47 Å². The Morgan fingerprint density at radius 3 is 2.17 bits per heavy atom. The highest BCUT2D eigenvalue weighted by Gasteiger charge is 2.19. The van der Waals surface area contributed by atoms with Gasteiger partial charge in [0.15, 0.2) is 13.1 Å². The molecule has 160 valence electrons. The van der Waals surface area contributed by atoms with Crippen molar-refractivity contribution in [2.75, 3.05) is 44.5 Å². The lowest BCUT2D eigenvalue weighted by molar-refractivity contribution is -0.881. The van der Waals surface area contributed by atoms with Crippen LogP contribution in [-0.2, 0) is 14.3 Å². The Hall–Kier alpha value is -3.39. The first-order valence-electron chi connectivity index (χ1n) is 9.63. The second-order valence-corrected chi connectivity index (χ2v) is 6.78. The quantitative estimate of drug-likeness (QED) is 0.537. The van der Waals surface area contributed by atoms with Gasteiger partial charge in [-0.3, -0.25) is 9.59 Å². The molecule has 2 aromatic carbocycles. The van der Waals surface area contributed by atoms with Crippen LogP contribution in [0.4, 0.5) is 11.4 Å². The van der Waals surface area contributed by atoms with Crippen molar-refractivity contribution in [1.82, 2.24) is 0 Å². The molecule has 0 bridgehead atoms. The number of aryl methyl sites for hydroxylation is 1. The average Bonchev–Trinajstić information content (AvgIpc) is 2.74. The first-order valence-corrected chi connectivity index (χ1v) is 9.63. The molecule has 0 aliphatic rings. The smallest absolute Gasteiger partial charge is 0.337 e. The number of esters is 1. The Balaban J connectivity index is 1.98. The fraction of sp³-hybridized carbons (Fsp3) is 0.318. The Labute approximate surface area is 176 Å².